The minimum absolute atomic E-state index is 0.0610. The number of ether oxygens (including phenoxy) is 2. The SMILES string of the molecule is C[C@]12CC[C@H]3[C@@H](CC=C4C[C@@H](OC(=O)CCC5CCCC5)CC[C@@]43C)[C@@H]1CC[C@@H]2OC1CC1. The molecule has 3 nitrogen and oxygen atoms in total. The van der Waals surface area contributed by atoms with Crippen LogP contribution in [0.1, 0.15) is 117 Å². The zero-order valence-corrected chi connectivity index (χ0v) is 21.2. The molecule has 33 heavy (non-hydrogen) atoms. The normalized spacial score (nSPS) is 45.2. The van der Waals surface area contributed by atoms with E-state index in [-0.39, 0.29) is 12.1 Å². The monoisotopic (exact) mass is 454 g/mol. The van der Waals surface area contributed by atoms with Gasteiger partial charge in [-0.1, -0.05) is 51.2 Å². The maximum Gasteiger partial charge on any atom is 0.306 e. The summed E-state index contributed by atoms with van der Waals surface area (Å²) in [5.74, 6) is 3.31. The van der Waals surface area contributed by atoms with Crippen LogP contribution in [0.3, 0.4) is 0 Å². The lowest BCUT2D eigenvalue weighted by molar-refractivity contribution is -0.152. The molecule has 0 spiro atoms. The van der Waals surface area contributed by atoms with Crippen LogP contribution in [0.2, 0.25) is 0 Å². The lowest BCUT2D eigenvalue weighted by Crippen LogP contribution is -2.51. The van der Waals surface area contributed by atoms with Crippen LogP contribution >= 0.6 is 0 Å². The van der Waals surface area contributed by atoms with Crippen molar-refractivity contribution in [2.45, 2.75) is 135 Å². The Kier molecular flexibility index (Phi) is 5.95. The van der Waals surface area contributed by atoms with Crippen molar-refractivity contribution in [3.63, 3.8) is 0 Å². The molecule has 0 radical (unpaired) electrons. The second-order valence-electron chi connectivity index (χ2n) is 13.2. The van der Waals surface area contributed by atoms with Crippen molar-refractivity contribution in [3.05, 3.63) is 11.6 Å². The molecule has 3 heteroatoms. The average molecular weight is 455 g/mol. The molecule has 0 aromatic carbocycles. The number of carbonyl (C=O) groups is 1. The topological polar surface area (TPSA) is 35.5 Å². The van der Waals surface area contributed by atoms with Gasteiger partial charge in [0.1, 0.15) is 6.10 Å². The van der Waals surface area contributed by atoms with Gasteiger partial charge in [-0.15, -0.1) is 0 Å². The molecule has 6 rings (SSSR count). The quantitative estimate of drug-likeness (QED) is 0.310. The first-order valence-corrected chi connectivity index (χ1v) is 14.5. The number of fused-ring (bicyclic) bond motifs is 5. The average Bonchev–Trinajstić information content (AvgIpc) is 3.34. The number of carbonyl (C=O) groups excluding carboxylic acids is 1. The summed E-state index contributed by atoms with van der Waals surface area (Å²) in [7, 11) is 0. The summed E-state index contributed by atoms with van der Waals surface area (Å²) in [5.41, 5.74) is 2.35. The van der Waals surface area contributed by atoms with Crippen molar-refractivity contribution in [2.24, 2.45) is 34.5 Å². The van der Waals surface area contributed by atoms with Gasteiger partial charge in [-0.05, 0) is 98.7 Å². The molecule has 6 aliphatic rings. The third-order valence-corrected chi connectivity index (χ3v) is 11.4. The molecular weight excluding hydrogens is 408 g/mol. The van der Waals surface area contributed by atoms with Crippen molar-refractivity contribution in [1.82, 2.24) is 0 Å². The summed E-state index contributed by atoms with van der Waals surface area (Å²) in [5, 5.41) is 0. The zero-order chi connectivity index (χ0) is 22.6. The minimum Gasteiger partial charge on any atom is -0.462 e. The fourth-order valence-electron chi connectivity index (χ4n) is 9.21. The van der Waals surface area contributed by atoms with Crippen molar-refractivity contribution >= 4 is 5.97 Å². The lowest BCUT2D eigenvalue weighted by Gasteiger charge is -2.58. The summed E-state index contributed by atoms with van der Waals surface area (Å²) < 4.78 is 12.6. The van der Waals surface area contributed by atoms with Crippen molar-refractivity contribution in [1.29, 1.82) is 0 Å². The Morgan fingerprint density at radius 2 is 1.76 bits per heavy atom. The number of hydrogen-bond donors (Lipinski definition) is 0. The van der Waals surface area contributed by atoms with Gasteiger partial charge < -0.3 is 9.47 Å². The van der Waals surface area contributed by atoms with E-state index in [0.717, 1.165) is 42.9 Å². The van der Waals surface area contributed by atoms with Crippen LogP contribution in [0.25, 0.3) is 0 Å². The van der Waals surface area contributed by atoms with Crippen LogP contribution in [0.5, 0.6) is 0 Å². The highest BCUT2D eigenvalue weighted by Crippen LogP contribution is 2.65. The summed E-state index contributed by atoms with van der Waals surface area (Å²) in [6.07, 6.45) is 23.3. The minimum atomic E-state index is 0.0610. The number of esters is 1. The van der Waals surface area contributed by atoms with Gasteiger partial charge in [0.25, 0.3) is 0 Å². The van der Waals surface area contributed by atoms with E-state index in [1.54, 1.807) is 5.57 Å². The fourth-order valence-corrected chi connectivity index (χ4v) is 9.21. The number of allylic oxidation sites excluding steroid dienone is 1. The largest absolute Gasteiger partial charge is 0.462 e. The first-order chi connectivity index (χ1) is 16.0. The maximum atomic E-state index is 12.6. The molecule has 6 aliphatic carbocycles. The number of hydrogen-bond acceptors (Lipinski definition) is 3. The zero-order valence-electron chi connectivity index (χ0n) is 21.2. The second-order valence-corrected chi connectivity index (χ2v) is 13.2. The van der Waals surface area contributed by atoms with Crippen LogP contribution in [0, 0.1) is 34.5 Å². The Morgan fingerprint density at radius 3 is 2.55 bits per heavy atom. The van der Waals surface area contributed by atoms with Crippen molar-refractivity contribution in [3.8, 4) is 0 Å². The summed E-state index contributed by atoms with van der Waals surface area (Å²) in [6, 6.07) is 0. The molecule has 0 unspecified atom stereocenters. The molecule has 0 heterocycles. The molecule has 0 aromatic rings. The Morgan fingerprint density at radius 1 is 0.939 bits per heavy atom. The van der Waals surface area contributed by atoms with Crippen LogP contribution < -0.4 is 0 Å². The highest BCUT2D eigenvalue weighted by atomic mass is 16.5. The molecule has 0 aliphatic heterocycles. The second kappa shape index (κ2) is 8.68. The molecular formula is C30H46O3. The maximum absolute atomic E-state index is 12.6. The van der Waals surface area contributed by atoms with E-state index in [2.05, 4.69) is 19.9 Å². The fraction of sp³-hybridized carbons (Fsp3) is 0.900. The van der Waals surface area contributed by atoms with Crippen LogP contribution in [0.4, 0.5) is 0 Å². The van der Waals surface area contributed by atoms with Gasteiger partial charge in [0, 0.05) is 12.8 Å². The lowest BCUT2D eigenvalue weighted by atomic mass is 9.48. The number of rotatable bonds is 6. The highest BCUT2D eigenvalue weighted by molar-refractivity contribution is 5.69. The molecule has 0 saturated heterocycles. The molecule has 0 bridgehead atoms. The van der Waals surface area contributed by atoms with Gasteiger partial charge >= 0.3 is 5.97 Å². The summed E-state index contributed by atoms with van der Waals surface area (Å²) in [6.45, 7) is 5.13. The van der Waals surface area contributed by atoms with Gasteiger partial charge in [-0.2, -0.15) is 0 Å². The van der Waals surface area contributed by atoms with E-state index in [1.807, 2.05) is 0 Å². The van der Waals surface area contributed by atoms with E-state index in [1.165, 1.54) is 77.0 Å². The van der Waals surface area contributed by atoms with E-state index in [0.29, 0.717) is 29.5 Å². The Labute approximate surface area is 201 Å². The van der Waals surface area contributed by atoms with E-state index >= 15 is 0 Å². The first kappa shape index (κ1) is 22.6. The smallest absolute Gasteiger partial charge is 0.306 e. The first-order valence-electron chi connectivity index (χ1n) is 14.5. The Bertz CT molecular complexity index is 777. The molecule has 5 saturated carbocycles. The predicted octanol–water partition coefficient (Wildman–Crippen LogP) is 7.38. The third-order valence-electron chi connectivity index (χ3n) is 11.4. The van der Waals surface area contributed by atoms with Gasteiger partial charge in [0.2, 0.25) is 0 Å². The van der Waals surface area contributed by atoms with E-state index in [4.69, 9.17) is 9.47 Å². The highest BCUT2D eigenvalue weighted by Gasteiger charge is 2.59. The predicted molar refractivity (Wildman–Crippen MR) is 131 cm³/mol. The van der Waals surface area contributed by atoms with Crippen LogP contribution in [-0.2, 0) is 14.3 Å². The van der Waals surface area contributed by atoms with E-state index in [9.17, 15) is 4.79 Å². The third kappa shape index (κ3) is 4.13. The summed E-state index contributed by atoms with van der Waals surface area (Å²) in [4.78, 5) is 12.6. The van der Waals surface area contributed by atoms with Gasteiger partial charge in [-0.3, -0.25) is 4.79 Å². The molecule has 7 atom stereocenters. The molecule has 0 amide bonds. The summed E-state index contributed by atoms with van der Waals surface area (Å²) >= 11 is 0. The Balaban J connectivity index is 1.09. The van der Waals surface area contributed by atoms with Crippen molar-refractivity contribution in [2.75, 3.05) is 0 Å². The van der Waals surface area contributed by atoms with Gasteiger partial charge in [0.05, 0.1) is 12.2 Å². The molecule has 0 N–H and O–H groups in total. The standard InChI is InChI=1S/C30H46O3/c1-29-17-15-23(33-28(31)14-7-20-5-3-4-6-20)19-21(29)8-11-24-25-12-13-27(32-22-9-10-22)30(25,2)18-16-26(24)29/h8,20,22-27H,3-7,9-19H2,1-2H3/t23-,24-,25-,26-,27-,29-,30-/m0/s1. The van der Waals surface area contributed by atoms with E-state index < -0.39 is 0 Å². The van der Waals surface area contributed by atoms with Crippen LogP contribution in [0.15, 0.2) is 11.6 Å². The molecule has 0 aromatic heterocycles. The van der Waals surface area contributed by atoms with Gasteiger partial charge in [0.15, 0.2) is 0 Å². The Hall–Kier alpha value is -0.830. The molecule has 5 fully saturated rings. The molecule has 184 valence electrons. The van der Waals surface area contributed by atoms with Gasteiger partial charge in [-0.25, -0.2) is 0 Å². The van der Waals surface area contributed by atoms with Crippen LogP contribution in [-0.4, -0.2) is 24.3 Å². The van der Waals surface area contributed by atoms with Crippen molar-refractivity contribution < 1.29 is 14.3 Å².